The predicted molar refractivity (Wildman–Crippen MR) is 97.9 cm³/mol. The van der Waals surface area contributed by atoms with Gasteiger partial charge in [0.2, 0.25) is 5.91 Å². The molecular weight excluding hydrogens is 338 g/mol. The SMILES string of the molecule is CCOC(=O)c1cc(CC)sc1NC(=O)CNc1ccc(C#N)cc1. The number of hydrogen-bond donors (Lipinski definition) is 2. The Morgan fingerprint density at radius 3 is 2.56 bits per heavy atom. The highest BCUT2D eigenvalue weighted by Gasteiger charge is 2.18. The Labute approximate surface area is 150 Å². The van der Waals surface area contributed by atoms with Crippen molar-refractivity contribution in [3.63, 3.8) is 0 Å². The van der Waals surface area contributed by atoms with Crippen LogP contribution in [0.3, 0.4) is 0 Å². The summed E-state index contributed by atoms with van der Waals surface area (Å²) in [5.41, 5.74) is 1.68. The van der Waals surface area contributed by atoms with Crippen LogP contribution in [0.2, 0.25) is 0 Å². The van der Waals surface area contributed by atoms with Gasteiger partial charge in [-0.2, -0.15) is 5.26 Å². The Bertz CT molecular complexity index is 791. The van der Waals surface area contributed by atoms with Crippen LogP contribution in [0.15, 0.2) is 30.3 Å². The molecule has 0 unspecified atom stereocenters. The summed E-state index contributed by atoms with van der Waals surface area (Å²) in [7, 11) is 0. The fourth-order valence-corrected chi connectivity index (χ4v) is 3.09. The van der Waals surface area contributed by atoms with E-state index in [4.69, 9.17) is 10.00 Å². The third-order valence-corrected chi connectivity index (χ3v) is 4.54. The Hall–Kier alpha value is -2.85. The molecule has 7 heteroatoms. The Morgan fingerprint density at radius 2 is 1.96 bits per heavy atom. The molecule has 0 aliphatic heterocycles. The Kier molecular flexibility index (Phi) is 6.54. The second-order valence-electron chi connectivity index (χ2n) is 5.12. The van der Waals surface area contributed by atoms with Crippen molar-refractivity contribution in [2.24, 2.45) is 0 Å². The molecule has 1 heterocycles. The molecule has 0 spiro atoms. The topological polar surface area (TPSA) is 91.2 Å². The van der Waals surface area contributed by atoms with Crippen molar-refractivity contribution in [1.29, 1.82) is 5.26 Å². The van der Waals surface area contributed by atoms with Gasteiger partial charge in [0.15, 0.2) is 0 Å². The minimum Gasteiger partial charge on any atom is -0.462 e. The number of benzene rings is 1. The lowest BCUT2D eigenvalue weighted by Gasteiger charge is -2.08. The molecule has 0 aliphatic carbocycles. The van der Waals surface area contributed by atoms with E-state index in [2.05, 4.69) is 10.6 Å². The summed E-state index contributed by atoms with van der Waals surface area (Å²) in [6.45, 7) is 4.06. The van der Waals surface area contributed by atoms with Gasteiger partial charge in [-0.3, -0.25) is 4.79 Å². The van der Waals surface area contributed by atoms with Gasteiger partial charge in [-0.25, -0.2) is 4.79 Å². The molecule has 130 valence electrons. The molecule has 2 rings (SSSR count). The van der Waals surface area contributed by atoms with Crippen molar-refractivity contribution in [3.8, 4) is 6.07 Å². The lowest BCUT2D eigenvalue weighted by Crippen LogP contribution is -2.22. The number of nitrogens with one attached hydrogen (secondary N) is 2. The van der Waals surface area contributed by atoms with Crippen molar-refractivity contribution in [2.45, 2.75) is 20.3 Å². The van der Waals surface area contributed by atoms with Crippen LogP contribution in [0.5, 0.6) is 0 Å². The van der Waals surface area contributed by atoms with Crippen LogP contribution in [0.4, 0.5) is 10.7 Å². The summed E-state index contributed by atoms with van der Waals surface area (Å²) in [6, 6.07) is 10.6. The molecule has 0 atom stereocenters. The van der Waals surface area contributed by atoms with Crippen molar-refractivity contribution >= 4 is 33.9 Å². The Morgan fingerprint density at radius 1 is 1.24 bits per heavy atom. The van der Waals surface area contributed by atoms with E-state index in [9.17, 15) is 9.59 Å². The maximum Gasteiger partial charge on any atom is 0.341 e. The summed E-state index contributed by atoms with van der Waals surface area (Å²) in [5.74, 6) is -0.701. The van der Waals surface area contributed by atoms with Gasteiger partial charge in [0.25, 0.3) is 0 Å². The smallest absolute Gasteiger partial charge is 0.341 e. The van der Waals surface area contributed by atoms with E-state index in [1.54, 1.807) is 37.3 Å². The first-order valence-corrected chi connectivity index (χ1v) is 8.72. The summed E-state index contributed by atoms with van der Waals surface area (Å²) in [6.07, 6.45) is 0.774. The monoisotopic (exact) mass is 357 g/mol. The predicted octanol–water partition coefficient (Wildman–Crippen LogP) is 3.41. The van der Waals surface area contributed by atoms with Crippen LogP contribution in [0, 0.1) is 11.3 Å². The fraction of sp³-hybridized carbons (Fsp3) is 0.278. The molecule has 2 aromatic rings. The van der Waals surface area contributed by atoms with Crippen molar-refractivity contribution in [2.75, 3.05) is 23.8 Å². The number of esters is 1. The van der Waals surface area contributed by atoms with Crippen molar-refractivity contribution < 1.29 is 14.3 Å². The molecule has 25 heavy (non-hydrogen) atoms. The molecule has 6 nitrogen and oxygen atoms in total. The summed E-state index contributed by atoms with van der Waals surface area (Å²) in [5, 5.41) is 15.0. The van der Waals surface area contributed by atoms with E-state index in [1.807, 2.05) is 13.0 Å². The number of rotatable bonds is 7. The number of anilines is 2. The number of carbonyl (C=O) groups excluding carboxylic acids is 2. The fourth-order valence-electron chi connectivity index (χ4n) is 2.09. The number of nitriles is 1. The highest BCUT2D eigenvalue weighted by Crippen LogP contribution is 2.29. The average Bonchev–Trinajstić information content (AvgIpc) is 3.03. The van der Waals surface area contributed by atoms with Crippen LogP contribution < -0.4 is 10.6 Å². The van der Waals surface area contributed by atoms with Crippen LogP contribution in [0.1, 0.15) is 34.6 Å². The van der Waals surface area contributed by atoms with Crippen LogP contribution >= 0.6 is 11.3 Å². The third kappa shape index (κ3) is 5.06. The van der Waals surface area contributed by atoms with E-state index in [1.165, 1.54) is 11.3 Å². The summed E-state index contributed by atoms with van der Waals surface area (Å²) >= 11 is 1.37. The van der Waals surface area contributed by atoms with E-state index in [0.717, 1.165) is 17.0 Å². The molecule has 1 amide bonds. The molecule has 0 fully saturated rings. The summed E-state index contributed by atoms with van der Waals surface area (Å²) in [4.78, 5) is 25.2. The van der Waals surface area contributed by atoms with E-state index in [-0.39, 0.29) is 19.1 Å². The van der Waals surface area contributed by atoms with E-state index in [0.29, 0.717) is 16.1 Å². The molecule has 0 radical (unpaired) electrons. The van der Waals surface area contributed by atoms with Gasteiger partial charge < -0.3 is 15.4 Å². The number of aryl methyl sites for hydroxylation is 1. The Balaban J connectivity index is 2.00. The molecule has 0 saturated heterocycles. The standard InChI is InChI=1S/C18H19N3O3S/c1-3-14-9-15(18(23)24-4-2)17(25-14)21-16(22)11-20-13-7-5-12(10-19)6-8-13/h5-9,20H,3-4,11H2,1-2H3,(H,21,22). The van der Waals surface area contributed by atoms with Crippen molar-refractivity contribution in [3.05, 3.63) is 46.3 Å². The number of nitrogens with zero attached hydrogens (tertiary/aromatic N) is 1. The van der Waals surface area contributed by atoms with Gasteiger partial charge in [-0.1, -0.05) is 6.92 Å². The molecule has 2 N–H and O–H groups in total. The molecule has 0 bridgehead atoms. The highest BCUT2D eigenvalue weighted by molar-refractivity contribution is 7.16. The first-order valence-electron chi connectivity index (χ1n) is 7.91. The zero-order valence-corrected chi connectivity index (χ0v) is 14.9. The van der Waals surface area contributed by atoms with Gasteiger partial charge in [0.1, 0.15) is 5.00 Å². The summed E-state index contributed by atoms with van der Waals surface area (Å²) < 4.78 is 5.03. The molecule has 1 aromatic heterocycles. The van der Waals surface area contributed by atoms with Gasteiger partial charge in [-0.15, -0.1) is 11.3 Å². The third-order valence-electron chi connectivity index (χ3n) is 3.35. The van der Waals surface area contributed by atoms with Crippen LogP contribution in [0.25, 0.3) is 0 Å². The first kappa shape index (κ1) is 18.5. The van der Waals surface area contributed by atoms with Crippen molar-refractivity contribution in [1.82, 2.24) is 0 Å². The minimum absolute atomic E-state index is 0.0491. The van der Waals surface area contributed by atoms with E-state index >= 15 is 0 Å². The molecule has 0 aliphatic rings. The zero-order valence-electron chi connectivity index (χ0n) is 14.1. The van der Waals surface area contributed by atoms with Gasteiger partial charge in [-0.05, 0) is 43.7 Å². The molecular formula is C18H19N3O3S. The maximum absolute atomic E-state index is 12.2. The van der Waals surface area contributed by atoms with E-state index < -0.39 is 5.97 Å². The van der Waals surface area contributed by atoms with Gasteiger partial charge >= 0.3 is 5.97 Å². The number of thiophene rings is 1. The maximum atomic E-state index is 12.2. The highest BCUT2D eigenvalue weighted by atomic mass is 32.1. The van der Waals surface area contributed by atoms with Gasteiger partial charge in [0, 0.05) is 10.6 Å². The second-order valence-corrected chi connectivity index (χ2v) is 6.26. The van der Waals surface area contributed by atoms with Crippen LogP contribution in [-0.4, -0.2) is 25.0 Å². The van der Waals surface area contributed by atoms with Crippen LogP contribution in [-0.2, 0) is 16.0 Å². The average molecular weight is 357 g/mol. The lowest BCUT2D eigenvalue weighted by molar-refractivity contribution is -0.114. The number of ether oxygens (including phenoxy) is 1. The zero-order chi connectivity index (χ0) is 18.2. The lowest BCUT2D eigenvalue weighted by atomic mass is 10.2. The first-order chi connectivity index (χ1) is 12.1. The molecule has 1 aromatic carbocycles. The normalized spacial score (nSPS) is 9.96. The number of hydrogen-bond acceptors (Lipinski definition) is 6. The number of carbonyl (C=O) groups is 2. The number of amides is 1. The quantitative estimate of drug-likeness (QED) is 0.741. The second kappa shape index (κ2) is 8.85. The van der Waals surface area contributed by atoms with Gasteiger partial charge in [0.05, 0.1) is 30.3 Å². The molecule has 0 saturated carbocycles. The largest absolute Gasteiger partial charge is 0.462 e. The minimum atomic E-state index is -0.436.